The van der Waals surface area contributed by atoms with Gasteiger partial charge in [0.15, 0.2) is 5.69 Å². The quantitative estimate of drug-likeness (QED) is 0.166. The fourth-order valence-corrected chi connectivity index (χ4v) is 5.51. The predicted molar refractivity (Wildman–Crippen MR) is 161 cm³/mol. The zero-order chi connectivity index (χ0) is 29.4. The average molecular weight is 588 g/mol. The molecule has 1 aromatic heterocycles. The molecule has 8 heteroatoms. The highest BCUT2D eigenvalue weighted by molar-refractivity contribution is 7.06. The Morgan fingerprint density at radius 1 is 0.786 bits per heavy atom. The maximum absolute atomic E-state index is 12.8. The van der Waals surface area contributed by atoms with Crippen LogP contribution in [0.25, 0.3) is 0 Å². The van der Waals surface area contributed by atoms with E-state index in [9.17, 15) is 4.79 Å². The van der Waals surface area contributed by atoms with E-state index in [0.29, 0.717) is 26.4 Å². The molecule has 2 heterocycles. The molecule has 1 fully saturated rings. The minimum absolute atomic E-state index is 0.251. The van der Waals surface area contributed by atoms with Crippen LogP contribution in [0.5, 0.6) is 0 Å². The van der Waals surface area contributed by atoms with E-state index in [2.05, 4.69) is 4.37 Å². The van der Waals surface area contributed by atoms with E-state index in [-0.39, 0.29) is 5.69 Å². The number of esters is 1. The molecular weight excluding hydrogens is 550 g/mol. The lowest BCUT2D eigenvalue weighted by molar-refractivity contribution is -0.0898. The van der Waals surface area contributed by atoms with Gasteiger partial charge in [0.2, 0.25) is 0 Å². The Bertz CT molecular complexity index is 1390. The van der Waals surface area contributed by atoms with Gasteiger partial charge in [0.05, 0.1) is 31.3 Å². The lowest BCUT2D eigenvalue weighted by atomic mass is 10.1. The zero-order valence-electron chi connectivity index (χ0n) is 24.2. The molecule has 1 saturated heterocycles. The maximum Gasteiger partial charge on any atom is 0.358 e. The van der Waals surface area contributed by atoms with Crippen LogP contribution in [0.1, 0.15) is 58.9 Å². The van der Waals surface area contributed by atoms with Gasteiger partial charge in [-0.15, -0.1) is 0 Å². The lowest BCUT2D eigenvalue weighted by Gasteiger charge is -2.25. The van der Waals surface area contributed by atoms with Crippen molar-refractivity contribution >= 4 is 17.5 Å². The van der Waals surface area contributed by atoms with Crippen LogP contribution < -0.4 is 0 Å². The fraction of sp³-hybridized carbons (Fsp3) is 0.353. The highest BCUT2D eigenvalue weighted by Gasteiger charge is 2.48. The first-order valence-corrected chi connectivity index (χ1v) is 14.9. The summed E-state index contributed by atoms with van der Waals surface area (Å²) in [5.41, 5.74) is 2.80. The Morgan fingerprint density at radius 2 is 1.31 bits per heavy atom. The largest absolute Gasteiger partial charge is 0.455 e. The summed E-state index contributed by atoms with van der Waals surface area (Å²) in [7, 11) is 0. The van der Waals surface area contributed by atoms with Crippen molar-refractivity contribution in [2.45, 2.75) is 70.6 Å². The monoisotopic (exact) mass is 587 g/mol. The number of ether oxygens (including phenoxy) is 5. The van der Waals surface area contributed by atoms with Crippen molar-refractivity contribution in [3.05, 3.63) is 124 Å². The molecule has 0 spiro atoms. The number of carbonyl (C=O) groups excluding carboxylic acids is 1. The van der Waals surface area contributed by atoms with Crippen molar-refractivity contribution in [3.8, 4) is 0 Å². The summed E-state index contributed by atoms with van der Waals surface area (Å²) in [4.78, 5) is 13.5. The van der Waals surface area contributed by atoms with E-state index in [4.69, 9.17) is 23.7 Å². The molecule has 0 bridgehead atoms. The van der Waals surface area contributed by atoms with Crippen molar-refractivity contribution in [1.29, 1.82) is 0 Å². The Labute approximate surface area is 251 Å². The van der Waals surface area contributed by atoms with Gasteiger partial charge in [0.25, 0.3) is 0 Å². The topological polar surface area (TPSA) is 76.1 Å². The minimum atomic E-state index is -0.621. The Balaban J connectivity index is 1.39. The Hall–Kier alpha value is -3.40. The number of benzene rings is 3. The highest BCUT2D eigenvalue weighted by atomic mass is 32.1. The lowest BCUT2D eigenvalue weighted by Crippen LogP contribution is -2.37. The minimum Gasteiger partial charge on any atom is -0.455 e. The molecule has 1 aliphatic rings. The van der Waals surface area contributed by atoms with Gasteiger partial charge < -0.3 is 23.7 Å². The van der Waals surface area contributed by atoms with E-state index in [1.807, 2.05) is 112 Å². The summed E-state index contributed by atoms with van der Waals surface area (Å²) in [5.74, 6) is -0.468. The van der Waals surface area contributed by atoms with Crippen LogP contribution >= 0.6 is 11.5 Å². The number of nitrogens with zero attached hydrogens (tertiary/aromatic N) is 1. The molecule has 3 aromatic carbocycles. The molecular formula is C34H37NO6S. The molecule has 0 amide bonds. The zero-order valence-corrected chi connectivity index (χ0v) is 25.0. The van der Waals surface area contributed by atoms with Crippen LogP contribution in [0.2, 0.25) is 0 Å². The molecule has 0 N–H and O–H groups in total. The summed E-state index contributed by atoms with van der Waals surface area (Å²) in [6, 6.07) is 31.8. The Kier molecular flexibility index (Phi) is 10.2. The van der Waals surface area contributed by atoms with Gasteiger partial charge in [-0.2, -0.15) is 4.37 Å². The molecule has 42 heavy (non-hydrogen) atoms. The van der Waals surface area contributed by atoms with Gasteiger partial charge in [-0.05, 0) is 55.1 Å². The average Bonchev–Trinajstić information content (AvgIpc) is 3.61. The van der Waals surface area contributed by atoms with E-state index >= 15 is 0 Å². The number of hydrogen-bond acceptors (Lipinski definition) is 8. The van der Waals surface area contributed by atoms with E-state index < -0.39 is 36.0 Å². The van der Waals surface area contributed by atoms with Crippen LogP contribution in [-0.2, 0) is 43.5 Å². The standard InChI is InChI=1S/C34H37NO6S/c1-34(2,3)41-33(36)27-19-29(42-35-27)31-32(39-22-26-17-11-6-12-18-26)30(38-21-25-15-9-5-10-16-25)28(40-31)23-37-20-24-13-7-4-8-14-24/h4-19,28,30-32H,20-23H2,1-3H3/t28-,30-,31+,32-/m1/s1. The summed E-state index contributed by atoms with van der Waals surface area (Å²) >= 11 is 1.21. The van der Waals surface area contributed by atoms with Crippen molar-refractivity contribution in [2.24, 2.45) is 0 Å². The van der Waals surface area contributed by atoms with Crippen molar-refractivity contribution in [1.82, 2.24) is 4.37 Å². The van der Waals surface area contributed by atoms with Gasteiger partial charge in [0.1, 0.15) is 30.0 Å². The van der Waals surface area contributed by atoms with Gasteiger partial charge in [-0.3, -0.25) is 0 Å². The number of carbonyl (C=O) groups is 1. The van der Waals surface area contributed by atoms with Crippen LogP contribution in [-0.4, -0.2) is 40.9 Å². The van der Waals surface area contributed by atoms with Crippen LogP contribution in [0, 0.1) is 0 Å². The van der Waals surface area contributed by atoms with E-state index in [1.54, 1.807) is 6.07 Å². The molecule has 0 radical (unpaired) electrons. The summed E-state index contributed by atoms with van der Waals surface area (Å²) < 4.78 is 35.8. The molecule has 0 saturated carbocycles. The van der Waals surface area contributed by atoms with Gasteiger partial charge in [-0.25, -0.2) is 4.79 Å². The normalized spacial score (nSPS) is 20.5. The molecule has 7 nitrogen and oxygen atoms in total. The molecule has 0 aliphatic carbocycles. The van der Waals surface area contributed by atoms with Crippen molar-refractivity contribution < 1.29 is 28.5 Å². The summed E-state index contributed by atoms with van der Waals surface area (Å²) in [5, 5.41) is 0. The number of hydrogen-bond donors (Lipinski definition) is 0. The summed E-state index contributed by atoms with van der Waals surface area (Å²) in [6.45, 7) is 7.05. The highest BCUT2D eigenvalue weighted by Crippen LogP contribution is 2.40. The third kappa shape index (κ3) is 8.33. The van der Waals surface area contributed by atoms with Crippen LogP contribution in [0.4, 0.5) is 0 Å². The van der Waals surface area contributed by atoms with Crippen LogP contribution in [0.3, 0.4) is 0 Å². The molecule has 1 aliphatic heterocycles. The van der Waals surface area contributed by atoms with Crippen LogP contribution in [0.15, 0.2) is 97.1 Å². The van der Waals surface area contributed by atoms with Gasteiger partial charge in [-0.1, -0.05) is 91.0 Å². The maximum atomic E-state index is 12.8. The molecule has 5 rings (SSSR count). The third-order valence-electron chi connectivity index (χ3n) is 6.69. The first-order valence-electron chi connectivity index (χ1n) is 14.1. The predicted octanol–water partition coefficient (Wildman–Crippen LogP) is 6.93. The first-order chi connectivity index (χ1) is 20.4. The molecule has 220 valence electrons. The third-order valence-corrected chi connectivity index (χ3v) is 7.54. The number of aromatic nitrogens is 1. The summed E-state index contributed by atoms with van der Waals surface area (Å²) in [6.07, 6.45) is -1.81. The van der Waals surface area contributed by atoms with Gasteiger partial charge in [0, 0.05) is 0 Å². The second kappa shape index (κ2) is 14.2. The molecule has 4 aromatic rings. The van der Waals surface area contributed by atoms with Crippen molar-refractivity contribution in [2.75, 3.05) is 6.61 Å². The Morgan fingerprint density at radius 3 is 1.86 bits per heavy atom. The van der Waals surface area contributed by atoms with Gasteiger partial charge >= 0.3 is 5.97 Å². The van der Waals surface area contributed by atoms with E-state index in [0.717, 1.165) is 21.6 Å². The second-order valence-electron chi connectivity index (χ2n) is 11.2. The molecule has 0 unspecified atom stereocenters. The number of rotatable bonds is 12. The second-order valence-corrected chi connectivity index (χ2v) is 12.1. The first kappa shape index (κ1) is 30.1. The molecule has 4 atom stereocenters. The van der Waals surface area contributed by atoms with Crippen molar-refractivity contribution in [3.63, 3.8) is 0 Å². The van der Waals surface area contributed by atoms with E-state index in [1.165, 1.54) is 11.5 Å². The fourth-order valence-electron chi connectivity index (χ4n) is 4.73. The SMILES string of the molecule is CC(C)(C)OC(=O)c1cc([C@@H]2O[C@H](COCc3ccccc3)[C@@H](OCc3ccccc3)[C@H]2OCc2ccccc2)sn1. The smallest absolute Gasteiger partial charge is 0.358 e.